The molecule has 0 radical (unpaired) electrons. The monoisotopic (exact) mass is 396 g/mol. The Morgan fingerprint density at radius 1 is 1.17 bits per heavy atom. The van der Waals surface area contributed by atoms with E-state index in [0.29, 0.717) is 13.2 Å². The number of pyridine rings is 1. The molecular formula is C22H28N4O3. The highest BCUT2D eigenvalue weighted by atomic mass is 16.5. The van der Waals surface area contributed by atoms with Crippen LogP contribution in [0.15, 0.2) is 42.6 Å². The van der Waals surface area contributed by atoms with Gasteiger partial charge in [-0.15, -0.1) is 0 Å². The summed E-state index contributed by atoms with van der Waals surface area (Å²) in [6, 6.07) is 11.2. The number of urea groups is 1. The average molecular weight is 396 g/mol. The van der Waals surface area contributed by atoms with Crippen LogP contribution in [-0.4, -0.2) is 43.4 Å². The minimum absolute atomic E-state index is 0.118. The molecule has 2 aromatic rings. The van der Waals surface area contributed by atoms with Crippen LogP contribution < -0.4 is 20.3 Å². The highest BCUT2D eigenvalue weighted by Crippen LogP contribution is 2.20. The first-order chi connectivity index (χ1) is 14.3. The molecule has 1 atom stereocenters. The molecule has 2 fully saturated rings. The van der Waals surface area contributed by atoms with Crippen LogP contribution in [0.1, 0.15) is 31.2 Å². The van der Waals surface area contributed by atoms with Crippen molar-refractivity contribution in [2.75, 3.05) is 36.5 Å². The van der Waals surface area contributed by atoms with E-state index in [-0.39, 0.29) is 12.1 Å². The third kappa shape index (κ3) is 5.60. The number of carbonyl (C=O) groups excluding carboxylic acids is 1. The molecule has 2 aliphatic rings. The predicted molar refractivity (Wildman–Crippen MR) is 112 cm³/mol. The second-order valence-electron chi connectivity index (χ2n) is 7.51. The maximum absolute atomic E-state index is 12.2. The van der Waals surface area contributed by atoms with Crippen molar-refractivity contribution in [3.05, 3.63) is 48.2 Å². The van der Waals surface area contributed by atoms with E-state index in [1.807, 2.05) is 36.5 Å². The quantitative estimate of drug-likeness (QED) is 0.781. The fourth-order valence-corrected chi connectivity index (χ4v) is 3.64. The smallest absolute Gasteiger partial charge is 0.319 e. The molecule has 7 nitrogen and oxygen atoms in total. The normalized spacial score (nSPS) is 19.0. The molecule has 2 saturated heterocycles. The van der Waals surface area contributed by atoms with Crippen molar-refractivity contribution >= 4 is 17.5 Å². The SMILES string of the molecule is O=C(NCc1ccnc(N2CCCCC2)c1)Nc1ccc(O[C@H]2CCOC2)cc1. The van der Waals surface area contributed by atoms with Gasteiger partial charge >= 0.3 is 6.03 Å². The van der Waals surface area contributed by atoms with Gasteiger partial charge in [0.15, 0.2) is 0 Å². The van der Waals surface area contributed by atoms with Gasteiger partial charge in [-0.2, -0.15) is 0 Å². The maximum Gasteiger partial charge on any atom is 0.319 e. The number of piperidine rings is 1. The summed E-state index contributed by atoms with van der Waals surface area (Å²) in [5.74, 6) is 1.78. The largest absolute Gasteiger partial charge is 0.488 e. The Labute approximate surface area is 171 Å². The first kappa shape index (κ1) is 19.5. The molecule has 0 saturated carbocycles. The number of aromatic nitrogens is 1. The molecule has 29 heavy (non-hydrogen) atoms. The number of nitrogens with zero attached hydrogens (tertiary/aromatic N) is 2. The summed E-state index contributed by atoms with van der Waals surface area (Å²) in [5, 5.41) is 5.76. The van der Waals surface area contributed by atoms with Crippen LogP contribution in [0.4, 0.5) is 16.3 Å². The Morgan fingerprint density at radius 3 is 2.76 bits per heavy atom. The molecule has 0 unspecified atom stereocenters. The zero-order valence-electron chi connectivity index (χ0n) is 16.6. The lowest BCUT2D eigenvalue weighted by Crippen LogP contribution is -2.31. The third-order valence-corrected chi connectivity index (χ3v) is 5.25. The van der Waals surface area contributed by atoms with Crippen LogP contribution in [0.2, 0.25) is 0 Å². The van der Waals surface area contributed by atoms with Gasteiger partial charge in [0.25, 0.3) is 0 Å². The van der Waals surface area contributed by atoms with Crippen LogP contribution in [0.5, 0.6) is 5.75 Å². The van der Waals surface area contributed by atoms with Crippen LogP contribution in [0.25, 0.3) is 0 Å². The van der Waals surface area contributed by atoms with Crippen LogP contribution >= 0.6 is 0 Å². The molecule has 2 amide bonds. The molecule has 0 aliphatic carbocycles. The maximum atomic E-state index is 12.2. The van der Waals surface area contributed by atoms with Crippen LogP contribution in [0.3, 0.4) is 0 Å². The lowest BCUT2D eigenvalue weighted by atomic mass is 10.1. The number of ether oxygens (including phenoxy) is 2. The van der Waals surface area contributed by atoms with Crippen molar-refractivity contribution in [1.82, 2.24) is 10.3 Å². The summed E-state index contributed by atoms with van der Waals surface area (Å²) in [6.45, 7) is 3.95. The number of hydrogen-bond acceptors (Lipinski definition) is 5. The molecular weight excluding hydrogens is 368 g/mol. The minimum Gasteiger partial charge on any atom is -0.488 e. The van der Waals surface area contributed by atoms with E-state index in [2.05, 4.69) is 26.6 Å². The molecule has 2 N–H and O–H groups in total. The minimum atomic E-state index is -0.237. The van der Waals surface area contributed by atoms with E-state index < -0.39 is 0 Å². The second-order valence-corrected chi connectivity index (χ2v) is 7.51. The molecule has 7 heteroatoms. The van der Waals surface area contributed by atoms with E-state index in [0.717, 1.165) is 48.9 Å². The number of benzene rings is 1. The van der Waals surface area contributed by atoms with Crippen LogP contribution in [-0.2, 0) is 11.3 Å². The molecule has 1 aromatic carbocycles. The summed E-state index contributed by atoms with van der Waals surface area (Å²) in [5.41, 5.74) is 1.76. The van der Waals surface area contributed by atoms with Crippen molar-refractivity contribution in [3.63, 3.8) is 0 Å². The van der Waals surface area contributed by atoms with Crippen molar-refractivity contribution in [1.29, 1.82) is 0 Å². The van der Waals surface area contributed by atoms with E-state index >= 15 is 0 Å². The van der Waals surface area contributed by atoms with Gasteiger partial charge in [0.2, 0.25) is 0 Å². The fraction of sp³-hybridized carbons (Fsp3) is 0.455. The van der Waals surface area contributed by atoms with Gasteiger partial charge in [0.05, 0.1) is 13.2 Å². The number of amides is 2. The predicted octanol–water partition coefficient (Wildman–Crippen LogP) is 3.56. The number of hydrogen-bond donors (Lipinski definition) is 2. The third-order valence-electron chi connectivity index (χ3n) is 5.25. The Hall–Kier alpha value is -2.80. The Balaban J connectivity index is 1.25. The van der Waals surface area contributed by atoms with Gasteiger partial charge in [-0.05, 0) is 61.2 Å². The fourth-order valence-electron chi connectivity index (χ4n) is 3.64. The summed E-state index contributed by atoms with van der Waals surface area (Å²) in [6.07, 6.45) is 6.56. The van der Waals surface area contributed by atoms with Crippen LogP contribution in [0, 0.1) is 0 Å². The first-order valence-corrected chi connectivity index (χ1v) is 10.4. The van der Waals surface area contributed by atoms with Gasteiger partial charge in [-0.25, -0.2) is 9.78 Å². The average Bonchev–Trinajstić information content (AvgIpc) is 3.28. The zero-order valence-corrected chi connectivity index (χ0v) is 16.6. The van der Waals surface area contributed by atoms with E-state index in [1.165, 1.54) is 19.3 Å². The summed E-state index contributed by atoms with van der Waals surface area (Å²) < 4.78 is 11.2. The number of rotatable bonds is 6. The van der Waals surface area contributed by atoms with Gasteiger partial charge in [-0.1, -0.05) is 0 Å². The van der Waals surface area contributed by atoms with Gasteiger partial charge in [0, 0.05) is 37.9 Å². The van der Waals surface area contributed by atoms with Crippen molar-refractivity contribution in [2.24, 2.45) is 0 Å². The van der Waals surface area contributed by atoms with Crippen molar-refractivity contribution in [3.8, 4) is 5.75 Å². The number of anilines is 2. The van der Waals surface area contributed by atoms with Crippen molar-refractivity contribution in [2.45, 2.75) is 38.3 Å². The lowest BCUT2D eigenvalue weighted by molar-refractivity contribution is 0.141. The van der Waals surface area contributed by atoms with Crippen molar-refractivity contribution < 1.29 is 14.3 Å². The topological polar surface area (TPSA) is 75.7 Å². The number of nitrogens with one attached hydrogen (secondary N) is 2. The number of carbonyl (C=O) groups is 1. The van der Waals surface area contributed by atoms with E-state index in [4.69, 9.17) is 9.47 Å². The summed E-state index contributed by atoms with van der Waals surface area (Å²) in [7, 11) is 0. The zero-order chi connectivity index (χ0) is 19.9. The Morgan fingerprint density at radius 2 is 2.00 bits per heavy atom. The molecule has 4 rings (SSSR count). The molecule has 3 heterocycles. The molecule has 1 aromatic heterocycles. The molecule has 2 aliphatic heterocycles. The van der Waals surface area contributed by atoms with E-state index in [9.17, 15) is 4.79 Å². The van der Waals surface area contributed by atoms with Gasteiger partial charge < -0.3 is 25.0 Å². The first-order valence-electron chi connectivity index (χ1n) is 10.4. The Kier molecular flexibility index (Phi) is 6.46. The highest BCUT2D eigenvalue weighted by molar-refractivity contribution is 5.89. The molecule has 0 bridgehead atoms. The standard InChI is InChI=1S/C22H28N4O3/c27-22(25-18-4-6-19(7-5-18)29-20-9-13-28-16-20)24-15-17-8-10-23-21(14-17)26-11-2-1-3-12-26/h4-8,10,14,20H,1-3,9,11-13,15-16H2,(H2,24,25,27)/t20-/m0/s1. The Bertz CT molecular complexity index is 800. The highest BCUT2D eigenvalue weighted by Gasteiger charge is 2.17. The van der Waals surface area contributed by atoms with Gasteiger partial charge in [0.1, 0.15) is 17.7 Å². The molecule has 0 spiro atoms. The van der Waals surface area contributed by atoms with E-state index in [1.54, 1.807) is 0 Å². The lowest BCUT2D eigenvalue weighted by Gasteiger charge is -2.27. The molecule has 154 valence electrons. The summed E-state index contributed by atoms with van der Waals surface area (Å²) in [4.78, 5) is 19.0. The summed E-state index contributed by atoms with van der Waals surface area (Å²) >= 11 is 0. The van der Waals surface area contributed by atoms with Gasteiger partial charge in [-0.3, -0.25) is 0 Å². The second kappa shape index (κ2) is 9.60.